The van der Waals surface area contributed by atoms with Gasteiger partial charge in [-0.2, -0.15) is 0 Å². The highest BCUT2D eigenvalue weighted by molar-refractivity contribution is 7.92. The first-order chi connectivity index (χ1) is 12.4. The number of rotatable bonds is 8. The van der Waals surface area contributed by atoms with E-state index < -0.39 is 15.9 Å². The molecule has 7 nitrogen and oxygen atoms in total. The number of carbonyl (C=O) groups excluding carboxylic acids is 1. The van der Waals surface area contributed by atoms with Crippen LogP contribution in [0, 0.1) is 0 Å². The van der Waals surface area contributed by atoms with Crippen molar-refractivity contribution < 1.29 is 22.7 Å². The second-order valence-corrected chi connectivity index (χ2v) is 7.60. The molecule has 0 saturated carbocycles. The van der Waals surface area contributed by atoms with Gasteiger partial charge in [-0.15, -0.1) is 0 Å². The summed E-state index contributed by atoms with van der Waals surface area (Å²) in [5, 5.41) is 2.66. The first-order valence-corrected chi connectivity index (χ1v) is 9.52. The number of ether oxygens (including phenoxy) is 2. The Morgan fingerprint density at radius 1 is 1.08 bits per heavy atom. The van der Waals surface area contributed by atoms with Crippen LogP contribution in [0.2, 0.25) is 0 Å². The van der Waals surface area contributed by atoms with Crippen LogP contribution in [0.4, 0.5) is 11.4 Å². The fourth-order valence-electron chi connectivity index (χ4n) is 2.28. The fraction of sp³-hybridized carbons (Fsp3) is 0.278. The lowest BCUT2D eigenvalue weighted by molar-refractivity contribution is -0.115. The van der Waals surface area contributed by atoms with Crippen molar-refractivity contribution in [3.05, 3.63) is 48.5 Å². The Kier molecular flexibility index (Phi) is 6.46. The van der Waals surface area contributed by atoms with Crippen LogP contribution in [0.1, 0.15) is 6.42 Å². The van der Waals surface area contributed by atoms with E-state index in [1.807, 2.05) is 0 Å². The summed E-state index contributed by atoms with van der Waals surface area (Å²) in [6, 6.07) is 13.7. The minimum atomic E-state index is -3.61. The number of benzene rings is 2. The number of nitrogens with zero attached hydrogens (tertiary/aromatic N) is 1. The van der Waals surface area contributed by atoms with Crippen molar-refractivity contribution in [2.24, 2.45) is 0 Å². The minimum absolute atomic E-state index is 0.181. The molecule has 2 aromatic rings. The summed E-state index contributed by atoms with van der Waals surface area (Å²) in [6.45, 7) is 0. The molecule has 0 atom stereocenters. The standard InChI is InChI=1S/C18H22N2O5S/c1-20(14-7-5-4-6-8-14)26(22,23)12-11-18(21)19-16-13-15(24-2)9-10-17(16)25-3/h4-10,13H,11-12H2,1-3H3,(H,19,21). The van der Waals surface area contributed by atoms with Crippen molar-refractivity contribution in [2.75, 3.05) is 36.6 Å². The molecule has 0 unspecified atom stereocenters. The molecule has 0 spiro atoms. The van der Waals surface area contributed by atoms with E-state index in [9.17, 15) is 13.2 Å². The second-order valence-electron chi connectivity index (χ2n) is 5.48. The normalized spacial score (nSPS) is 10.9. The van der Waals surface area contributed by atoms with Crippen molar-refractivity contribution in [3.8, 4) is 11.5 Å². The van der Waals surface area contributed by atoms with Gasteiger partial charge in [-0.25, -0.2) is 8.42 Å². The van der Waals surface area contributed by atoms with Crippen LogP contribution < -0.4 is 19.1 Å². The highest BCUT2D eigenvalue weighted by Gasteiger charge is 2.20. The Labute approximate surface area is 153 Å². The van der Waals surface area contributed by atoms with Crippen molar-refractivity contribution in [2.45, 2.75) is 6.42 Å². The molecule has 0 aliphatic carbocycles. The highest BCUT2D eigenvalue weighted by Crippen LogP contribution is 2.29. The van der Waals surface area contributed by atoms with Crippen molar-refractivity contribution >= 4 is 27.3 Å². The molecule has 0 aliphatic heterocycles. The molecule has 26 heavy (non-hydrogen) atoms. The number of amides is 1. The molecule has 0 fully saturated rings. The van der Waals surface area contributed by atoms with Gasteiger partial charge in [0.15, 0.2) is 0 Å². The SMILES string of the molecule is COc1ccc(OC)c(NC(=O)CCS(=O)(=O)N(C)c2ccccc2)c1. The molecular formula is C18H22N2O5S. The molecule has 140 valence electrons. The van der Waals surface area contributed by atoms with E-state index in [1.165, 1.54) is 25.6 Å². The number of hydrogen-bond donors (Lipinski definition) is 1. The summed E-state index contributed by atoms with van der Waals surface area (Å²) in [4.78, 5) is 12.2. The summed E-state index contributed by atoms with van der Waals surface area (Å²) in [6.07, 6.45) is -0.181. The predicted molar refractivity (Wildman–Crippen MR) is 101 cm³/mol. The van der Waals surface area contributed by atoms with Gasteiger partial charge in [-0.05, 0) is 24.3 Å². The van der Waals surface area contributed by atoms with Crippen molar-refractivity contribution in [3.63, 3.8) is 0 Å². The topological polar surface area (TPSA) is 84.9 Å². The molecule has 0 radical (unpaired) electrons. The van der Waals surface area contributed by atoms with Crippen LogP contribution in [-0.2, 0) is 14.8 Å². The quantitative estimate of drug-likeness (QED) is 0.763. The van der Waals surface area contributed by atoms with Crippen LogP contribution in [0.3, 0.4) is 0 Å². The third kappa shape index (κ3) is 4.89. The Balaban J connectivity index is 2.02. The van der Waals surface area contributed by atoms with Crippen molar-refractivity contribution in [1.82, 2.24) is 0 Å². The maximum Gasteiger partial charge on any atom is 0.235 e. The van der Waals surface area contributed by atoms with E-state index in [-0.39, 0.29) is 12.2 Å². The van der Waals surface area contributed by atoms with Gasteiger partial charge >= 0.3 is 0 Å². The number of carbonyl (C=O) groups is 1. The summed E-state index contributed by atoms with van der Waals surface area (Å²) in [7, 11) is 0.849. The first kappa shape index (κ1) is 19.6. The molecule has 0 saturated heterocycles. The van der Waals surface area contributed by atoms with E-state index >= 15 is 0 Å². The second kappa shape index (κ2) is 8.57. The lowest BCUT2D eigenvalue weighted by Gasteiger charge is -2.19. The number of nitrogens with one attached hydrogen (secondary N) is 1. The third-order valence-corrected chi connectivity index (χ3v) is 5.57. The van der Waals surface area contributed by atoms with Gasteiger partial charge in [0.05, 0.1) is 31.3 Å². The van der Waals surface area contributed by atoms with Crippen LogP contribution in [0.15, 0.2) is 48.5 Å². The van der Waals surface area contributed by atoms with Crippen LogP contribution in [0.5, 0.6) is 11.5 Å². The van der Waals surface area contributed by atoms with Crippen molar-refractivity contribution in [1.29, 1.82) is 0 Å². The zero-order valence-electron chi connectivity index (χ0n) is 14.9. The molecular weight excluding hydrogens is 356 g/mol. The zero-order valence-corrected chi connectivity index (χ0v) is 15.7. The lowest BCUT2D eigenvalue weighted by Crippen LogP contribution is -2.30. The van der Waals surface area contributed by atoms with Gasteiger partial charge < -0.3 is 14.8 Å². The van der Waals surface area contributed by atoms with E-state index in [4.69, 9.17) is 9.47 Å². The Morgan fingerprint density at radius 3 is 2.38 bits per heavy atom. The number of hydrogen-bond acceptors (Lipinski definition) is 5. The lowest BCUT2D eigenvalue weighted by atomic mass is 10.2. The van der Waals surface area contributed by atoms with Gasteiger partial charge in [-0.1, -0.05) is 18.2 Å². The smallest absolute Gasteiger partial charge is 0.235 e. The largest absolute Gasteiger partial charge is 0.497 e. The van der Waals surface area contributed by atoms with Crippen LogP contribution in [-0.4, -0.2) is 41.3 Å². The molecule has 0 heterocycles. The molecule has 0 aromatic heterocycles. The maximum absolute atomic E-state index is 12.4. The fourth-order valence-corrected chi connectivity index (χ4v) is 3.44. The van der Waals surface area contributed by atoms with E-state index in [0.717, 1.165) is 0 Å². The minimum Gasteiger partial charge on any atom is -0.497 e. The number of anilines is 2. The Morgan fingerprint density at radius 2 is 1.77 bits per heavy atom. The maximum atomic E-state index is 12.4. The molecule has 1 N–H and O–H groups in total. The monoisotopic (exact) mass is 378 g/mol. The molecule has 2 rings (SSSR count). The van der Waals surface area contributed by atoms with Crippen LogP contribution >= 0.6 is 0 Å². The Bertz CT molecular complexity index is 853. The van der Waals surface area contributed by atoms with E-state index in [0.29, 0.717) is 22.9 Å². The number of methoxy groups -OCH3 is 2. The summed E-state index contributed by atoms with van der Waals surface area (Å²) in [5.41, 5.74) is 0.966. The average molecular weight is 378 g/mol. The van der Waals surface area contributed by atoms with Crippen LogP contribution in [0.25, 0.3) is 0 Å². The van der Waals surface area contributed by atoms with Gasteiger partial charge in [-0.3, -0.25) is 9.10 Å². The Hall–Kier alpha value is -2.74. The third-order valence-electron chi connectivity index (χ3n) is 3.80. The number of para-hydroxylation sites is 1. The van der Waals surface area contributed by atoms with Gasteiger partial charge in [0.25, 0.3) is 0 Å². The molecule has 0 bridgehead atoms. The van der Waals surface area contributed by atoms with Gasteiger partial charge in [0.1, 0.15) is 11.5 Å². The highest BCUT2D eigenvalue weighted by atomic mass is 32.2. The van der Waals surface area contributed by atoms with E-state index in [2.05, 4.69) is 5.32 Å². The zero-order chi connectivity index (χ0) is 19.2. The molecule has 0 aliphatic rings. The number of sulfonamides is 1. The average Bonchev–Trinajstić information content (AvgIpc) is 2.66. The summed E-state index contributed by atoms with van der Waals surface area (Å²) in [5.74, 6) is 0.277. The molecule has 1 amide bonds. The molecule has 2 aromatic carbocycles. The van der Waals surface area contributed by atoms with Gasteiger partial charge in [0.2, 0.25) is 15.9 Å². The van der Waals surface area contributed by atoms with E-state index in [1.54, 1.807) is 48.5 Å². The first-order valence-electron chi connectivity index (χ1n) is 7.91. The summed E-state index contributed by atoms with van der Waals surface area (Å²) < 4.78 is 36.3. The summed E-state index contributed by atoms with van der Waals surface area (Å²) >= 11 is 0. The van der Waals surface area contributed by atoms with Gasteiger partial charge in [0, 0.05) is 19.5 Å². The molecule has 8 heteroatoms. The predicted octanol–water partition coefficient (Wildman–Crippen LogP) is 2.50.